The fourth-order valence-corrected chi connectivity index (χ4v) is 5.66. The molecule has 0 heterocycles. The summed E-state index contributed by atoms with van der Waals surface area (Å²) >= 11 is 0. The van der Waals surface area contributed by atoms with Gasteiger partial charge in [-0.2, -0.15) is 0 Å². The van der Waals surface area contributed by atoms with Crippen LogP contribution in [0.5, 0.6) is 0 Å². The van der Waals surface area contributed by atoms with Crippen molar-refractivity contribution in [2.45, 2.75) is 48.0 Å². The molecule has 0 spiro atoms. The first kappa shape index (κ1) is 27.4. The Morgan fingerprint density at radius 2 is 1.55 bits per heavy atom. The average Bonchev–Trinajstić information content (AvgIpc) is 3.20. The van der Waals surface area contributed by atoms with Gasteiger partial charge >= 0.3 is 0 Å². The van der Waals surface area contributed by atoms with Crippen molar-refractivity contribution in [2.24, 2.45) is 0 Å². The molecule has 0 bridgehead atoms. The van der Waals surface area contributed by atoms with Crippen molar-refractivity contribution in [2.75, 3.05) is 42.9 Å². The number of fused-ring (bicyclic) bond motifs is 1. The van der Waals surface area contributed by atoms with E-state index in [1.807, 2.05) is 0 Å². The Morgan fingerprint density at radius 3 is 2.18 bits per heavy atom. The summed E-state index contributed by atoms with van der Waals surface area (Å²) in [6.45, 7) is 18.3. The zero-order valence-corrected chi connectivity index (χ0v) is 24.1. The Balaban J connectivity index is 1.97. The van der Waals surface area contributed by atoms with Crippen LogP contribution in [0.1, 0.15) is 62.4 Å². The molecule has 2 aliphatic rings. The molecule has 0 unspecified atom stereocenters. The van der Waals surface area contributed by atoms with Gasteiger partial charge in [0.25, 0.3) is 0 Å². The summed E-state index contributed by atoms with van der Waals surface area (Å²) < 4.78 is 2.40. The lowest BCUT2D eigenvalue weighted by Crippen LogP contribution is -2.21. The van der Waals surface area contributed by atoms with Crippen molar-refractivity contribution >= 4 is 28.7 Å². The van der Waals surface area contributed by atoms with E-state index in [4.69, 9.17) is 0 Å². The van der Waals surface area contributed by atoms with Crippen molar-refractivity contribution < 1.29 is 4.58 Å². The van der Waals surface area contributed by atoms with E-state index >= 15 is 0 Å². The molecule has 2 aromatic rings. The van der Waals surface area contributed by atoms with E-state index in [1.165, 1.54) is 56.0 Å². The molecule has 0 aliphatic heterocycles. The second kappa shape index (κ2) is 12.8. The maximum atomic E-state index is 3.60. The molecular formula is C35H44N3+. The van der Waals surface area contributed by atoms with Crippen molar-refractivity contribution in [1.82, 2.24) is 0 Å². The first-order valence-electron chi connectivity index (χ1n) is 14.4. The number of nitrogens with one attached hydrogen (secondary N) is 1. The lowest BCUT2D eigenvalue weighted by molar-refractivity contribution is -0.519. The van der Waals surface area contributed by atoms with Gasteiger partial charge in [0.15, 0.2) is 5.71 Å². The van der Waals surface area contributed by atoms with Crippen LogP contribution < -0.4 is 10.2 Å². The van der Waals surface area contributed by atoms with Crippen LogP contribution in [0.4, 0.5) is 11.4 Å². The summed E-state index contributed by atoms with van der Waals surface area (Å²) in [6, 6.07) is 11.6. The second-order valence-electron chi connectivity index (χ2n) is 9.84. The predicted octanol–water partition coefficient (Wildman–Crippen LogP) is 7.82. The number of hydrogen-bond acceptors (Lipinski definition) is 2. The van der Waals surface area contributed by atoms with E-state index in [1.54, 1.807) is 0 Å². The molecule has 198 valence electrons. The number of aryl methyl sites for hydroxylation is 1. The highest BCUT2D eigenvalue weighted by Crippen LogP contribution is 2.39. The molecule has 0 aromatic heterocycles. The van der Waals surface area contributed by atoms with E-state index in [-0.39, 0.29) is 0 Å². The zero-order chi connectivity index (χ0) is 27.1. The Morgan fingerprint density at radius 1 is 0.842 bits per heavy atom. The minimum Gasteiger partial charge on any atom is -0.385 e. The van der Waals surface area contributed by atoms with Crippen LogP contribution in [0.15, 0.2) is 78.4 Å². The van der Waals surface area contributed by atoms with E-state index in [0.29, 0.717) is 0 Å². The average molecular weight is 507 g/mol. The molecule has 0 fully saturated rings. The molecule has 0 amide bonds. The van der Waals surface area contributed by atoms with E-state index < -0.39 is 0 Å². The van der Waals surface area contributed by atoms with Gasteiger partial charge in [-0.05, 0) is 117 Å². The number of allylic oxidation sites excluding steroid dienone is 8. The summed E-state index contributed by atoms with van der Waals surface area (Å²) in [5.41, 5.74) is 12.9. The molecule has 3 heteroatoms. The van der Waals surface area contributed by atoms with Crippen molar-refractivity contribution in [3.8, 4) is 0 Å². The number of hydrogen-bond donors (Lipinski definition) is 1. The zero-order valence-electron chi connectivity index (χ0n) is 24.1. The van der Waals surface area contributed by atoms with E-state index in [9.17, 15) is 0 Å². The lowest BCUT2D eigenvalue weighted by atomic mass is 9.84. The maximum Gasteiger partial charge on any atom is 0.199 e. The fourth-order valence-electron chi connectivity index (χ4n) is 5.66. The summed E-state index contributed by atoms with van der Waals surface area (Å²) in [6.07, 6.45) is 19.0. The number of benzene rings is 2. The van der Waals surface area contributed by atoms with Gasteiger partial charge in [-0.15, -0.1) is 0 Å². The molecule has 3 nitrogen and oxygen atoms in total. The van der Waals surface area contributed by atoms with Crippen LogP contribution in [0.3, 0.4) is 0 Å². The Labute approximate surface area is 230 Å². The molecule has 38 heavy (non-hydrogen) atoms. The highest BCUT2D eigenvalue weighted by molar-refractivity contribution is 6.04. The molecule has 0 atom stereocenters. The molecule has 2 aromatic carbocycles. The largest absolute Gasteiger partial charge is 0.385 e. The quantitative estimate of drug-likeness (QED) is 0.350. The van der Waals surface area contributed by atoms with Crippen molar-refractivity contribution in [3.05, 3.63) is 106 Å². The van der Waals surface area contributed by atoms with Gasteiger partial charge in [-0.3, -0.25) is 0 Å². The van der Waals surface area contributed by atoms with E-state index in [0.717, 1.165) is 39.1 Å². The van der Waals surface area contributed by atoms with Crippen LogP contribution in [-0.4, -0.2) is 43.0 Å². The third kappa shape index (κ3) is 5.62. The van der Waals surface area contributed by atoms with Crippen LogP contribution in [0, 0.1) is 6.92 Å². The molecular weight excluding hydrogens is 462 g/mol. The first-order valence-corrected chi connectivity index (χ1v) is 14.4. The first-order chi connectivity index (χ1) is 18.6. The van der Waals surface area contributed by atoms with Gasteiger partial charge in [-0.1, -0.05) is 36.4 Å². The smallest absolute Gasteiger partial charge is 0.199 e. The third-order valence-electron chi connectivity index (χ3n) is 7.72. The minimum absolute atomic E-state index is 0.911. The monoisotopic (exact) mass is 506 g/mol. The summed E-state index contributed by atoms with van der Waals surface area (Å²) in [5.74, 6) is 0. The van der Waals surface area contributed by atoms with Crippen LogP contribution in [0.25, 0.3) is 11.6 Å². The summed E-state index contributed by atoms with van der Waals surface area (Å²) in [4.78, 5) is 2.42. The van der Waals surface area contributed by atoms with Crippen LogP contribution in [0.2, 0.25) is 0 Å². The van der Waals surface area contributed by atoms with Crippen LogP contribution >= 0.6 is 0 Å². The Bertz CT molecular complexity index is 1320. The van der Waals surface area contributed by atoms with Gasteiger partial charge in [0, 0.05) is 43.2 Å². The third-order valence-corrected chi connectivity index (χ3v) is 7.72. The maximum absolute atomic E-state index is 3.60. The van der Waals surface area contributed by atoms with Gasteiger partial charge in [-0.25, -0.2) is 4.58 Å². The van der Waals surface area contributed by atoms with E-state index in [2.05, 4.69) is 135 Å². The van der Waals surface area contributed by atoms with Gasteiger partial charge in [0.1, 0.15) is 13.1 Å². The second-order valence-corrected chi connectivity index (χ2v) is 9.84. The Kier molecular flexibility index (Phi) is 9.23. The number of nitrogens with zero attached hydrogens (tertiary/aromatic N) is 2. The highest BCUT2D eigenvalue weighted by atomic mass is 15.1. The molecule has 0 radical (unpaired) electrons. The molecule has 0 saturated carbocycles. The van der Waals surface area contributed by atoms with Crippen molar-refractivity contribution in [3.63, 3.8) is 0 Å². The molecule has 0 saturated heterocycles. The van der Waals surface area contributed by atoms with Gasteiger partial charge in [0.05, 0.1) is 0 Å². The fraction of sp³-hybridized carbons (Fsp3) is 0.343. The van der Waals surface area contributed by atoms with Gasteiger partial charge < -0.3 is 10.2 Å². The number of rotatable bonds is 9. The van der Waals surface area contributed by atoms with Crippen molar-refractivity contribution in [1.29, 1.82) is 0 Å². The SMILES string of the molecule is CCNc1ccc(C(=C2C=CC(=[N+](CC)CC)C=C2)c2ccc(N(CC)CC)cc2C)c2c1CC=CC=C2. The Hall–Kier alpha value is -3.59. The topological polar surface area (TPSA) is 18.3 Å². The molecule has 4 rings (SSSR count). The summed E-state index contributed by atoms with van der Waals surface area (Å²) in [7, 11) is 0. The molecule has 1 N–H and O–H groups in total. The summed E-state index contributed by atoms with van der Waals surface area (Å²) in [5, 5.41) is 3.60. The van der Waals surface area contributed by atoms with Crippen LogP contribution in [-0.2, 0) is 6.42 Å². The number of anilines is 2. The minimum atomic E-state index is 0.911. The van der Waals surface area contributed by atoms with Gasteiger partial charge in [0.2, 0.25) is 0 Å². The highest BCUT2D eigenvalue weighted by Gasteiger charge is 2.21. The normalized spacial score (nSPS) is 13.9. The standard InChI is InChI=1S/C35H43N3/c1-7-36-34-24-23-33(31-15-13-12-14-16-32(31)34)35(27-17-19-28(20-18-27)37(8-2)9-3)30-22-21-29(25-26(30)6)38(10-4)11-5/h12-15,17-25H,7-11,16H2,1-6H3/p+1. The molecule has 2 aliphatic carbocycles. The lowest BCUT2D eigenvalue weighted by Gasteiger charge is -2.24. The predicted molar refractivity (Wildman–Crippen MR) is 168 cm³/mol.